The van der Waals surface area contributed by atoms with Gasteiger partial charge in [-0.1, -0.05) is 23.7 Å². The zero-order chi connectivity index (χ0) is 24.4. The van der Waals surface area contributed by atoms with Gasteiger partial charge in [0.15, 0.2) is 0 Å². The first-order valence-corrected chi connectivity index (χ1v) is 10.6. The Morgan fingerprint density at radius 3 is 2.26 bits per heavy atom. The lowest BCUT2D eigenvalue weighted by Crippen LogP contribution is -2.29. The topological polar surface area (TPSA) is 99.9 Å². The van der Waals surface area contributed by atoms with Crippen molar-refractivity contribution in [3.63, 3.8) is 0 Å². The van der Waals surface area contributed by atoms with Gasteiger partial charge in [0.2, 0.25) is 0 Å². The number of rotatable bonds is 5. The number of ketones is 1. The number of hydrogen-bond donors (Lipinski definition) is 1. The predicted octanol–water partition coefficient (Wildman–Crippen LogP) is 4.86. The Labute approximate surface area is 201 Å². The Morgan fingerprint density at radius 2 is 1.68 bits per heavy atom. The van der Waals surface area contributed by atoms with E-state index in [-0.39, 0.29) is 11.1 Å². The largest absolute Gasteiger partial charge is 0.507 e. The van der Waals surface area contributed by atoms with Crippen LogP contribution in [0, 0.1) is 11.3 Å². The van der Waals surface area contributed by atoms with Crippen molar-refractivity contribution in [2.75, 3.05) is 19.1 Å². The first-order chi connectivity index (χ1) is 16.4. The first kappa shape index (κ1) is 22.9. The minimum Gasteiger partial charge on any atom is -0.507 e. The minimum absolute atomic E-state index is 0.111. The second-order valence-corrected chi connectivity index (χ2v) is 7.88. The fourth-order valence-electron chi connectivity index (χ4n) is 3.91. The number of amides is 1. The number of carbonyl (C=O) groups excluding carboxylic acids is 2. The van der Waals surface area contributed by atoms with Crippen LogP contribution in [0.15, 0.2) is 72.3 Å². The number of nitriles is 1. The molecule has 1 aliphatic heterocycles. The van der Waals surface area contributed by atoms with Gasteiger partial charge in [-0.05, 0) is 60.2 Å². The number of nitrogens with zero attached hydrogens (tertiary/aromatic N) is 2. The standard InChI is InChI=1S/C26H19ClN2O5/c1-33-19-10-5-16(6-11-19)23-22(24(30)20-13-17(27)7-12-21(20)34-2)25(31)26(32)29(23)18-8-3-15(14-28)4-9-18/h3-13,23,30H,1-2H3/b24-22+. The molecule has 0 spiro atoms. The van der Waals surface area contributed by atoms with Crippen molar-refractivity contribution in [3.8, 4) is 17.6 Å². The molecule has 0 radical (unpaired) electrons. The van der Waals surface area contributed by atoms with Gasteiger partial charge in [0.1, 0.15) is 17.3 Å². The molecule has 1 fully saturated rings. The third-order valence-corrected chi connectivity index (χ3v) is 5.80. The monoisotopic (exact) mass is 474 g/mol. The molecule has 3 aromatic carbocycles. The molecule has 0 aromatic heterocycles. The summed E-state index contributed by atoms with van der Waals surface area (Å²) >= 11 is 6.14. The van der Waals surface area contributed by atoms with Crippen LogP contribution in [0.3, 0.4) is 0 Å². The van der Waals surface area contributed by atoms with E-state index < -0.39 is 23.5 Å². The molecule has 34 heavy (non-hydrogen) atoms. The molecule has 1 amide bonds. The van der Waals surface area contributed by atoms with E-state index in [1.54, 1.807) is 60.7 Å². The van der Waals surface area contributed by atoms with Gasteiger partial charge in [-0.2, -0.15) is 5.26 Å². The molecule has 0 saturated carbocycles. The van der Waals surface area contributed by atoms with E-state index in [1.165, 1.54) is 25.2 Å². The average Bonchev–Trinajstić information content (AvgIpc) is 3.13. The number of aliphatic hydroxyl groups excluding tert-OH is 1. The first-order valence-electron chi connectivity index (χ1n) is 10.2. The Bertz CT molecular complexity index is 1340. The highest BCUT2D eigenvalue weighted by Gasteiger charge is 2.47. The molecule has 3 aromatic rings. The summed E-state index contributed by atoms with van der Waals surface area (Å²) in [5.41, 5.74) is 1.46. The molecular formula is C26H19ClN2O5. The summed E-state index contributed by atoms with van der Waals surface area (Å²) in [4.78, 5) is 27.8. The molecule has 1 N–H and O–H groups in total. The number of ether oxygens (including phenoxy) is 2. The second-order valence-electron chi connectivity index (χ2n) is 7.45. The third-order valence-electron chi connectivity index (χ3n) is 5.57. The van der Waals surface area contributed by atoms with Crippen molar-refractivity contribution in [2.45, 2.75) is 6.04 Å². The molecular weight excluding hydrogens is 456 g/mol. The van der Waals surface area contributed by atoms with Crippen LogP contribution in [-0.4, -0.2) is 31.0 Å². The van der Waals surface area contributed by atoms with Gasteiger partial charge in [0.05, 0.1) is 43.0 Å². The lowest BCUT2D eigenvalue weighted by molar-refractivity contribution is -0.132. The van der Waals surface area contributed by atoms with E-state index in [0.717, 1.165) is 0 Å². The molecule has 1 aliphatic rings. The van der Waals surface area contributed by atoms with Crippen LogP contribution >= 0.6 is 11.6 Å². The number of carbonyl (C=O) groups is 2. The predicted molar refractivity (Wildman–Crippen MR) is 127 cm³/mol. The van der Waals surface area contributed by atoms with E-state index in [9.17, 15) is 14.7 Å². The van der Waals surface area contributed by atoms with Gasteiger partial charge in [0.25, 0.3) is 11.7 Å². The van der Waals surface area contributed by atoms with Gasteiger partial charge in [-0.15, -0.1) is 0 Å². The summed E-state index contributed by atoms with van der Waals surface area (Å²) in [7, 11) is 2.96. The average molecular weight is 475 g/mol. The molecule has 1 heterocycles. The molecule has 1 saturated heterocycles. The SMILES string of the molecule is COc1ccc(C2/C(=C(\O)c3cc(Cl)ccc3OC)C(=O)C(=O)N2c2ccc(C#N)cc2)cc1. The van der Waals surface area contributed by atoms with Crippen molar-refractivity contribution >= 4 is 34.7 Å². The maximum atomic E-state index is 13.3. The van der Waals surface area contributed by atoms with Crippen molar-refractivity contribution in [3.05, 3.63) is 94.0 Å². The molecule has 1 atom stereocenters. The quantitative estimate of drug-likeness (QED) is 0.322. The van der Waals surface area contributed by atoms with Crippen molar-refractivity contribution in [1.29, 1.82) is 5.26 Å². The van der Waals surface area contributed by atoms with Crippen LogP contribution in [0.25, 0.3) is 5.76 Å². The van der Waals surface area contributed by atoms with E-state index >= 15 is 0 Å². The van der Waals surface area contributed by atoms with E-state index in [1.807, 2.05) is 6.07 Å². The summed E-state index contributed by atoms with van der Waals surface area (Å²) in [5, 5.41) is 20.7. The summed E-state index contributed by atoms with van der Waals surface area (Å²) < 4.78 is 10.6. The number of halogens is 1. The highest BCUT2D eigenvalue weighted by molar-refractivity contribution is 6.51. The van der Waals surface area contributed by atoms with Crippen LogP contribution in [0.4, 0.5) is 5.69 Å². The summed E-state index contributed by atoms with van der Waals surface area (Å²) in [6.45, 7) is 0. The Morgan fingerprint density at radius 1 is 1.00 bits per heavy atom. The van der Waals surface area contributed by atoms with E-state index in [2.05, 4.69) is 0 Å². The van der Waals surface area contributed by atoms with Crippen LogP contribution in [0.5, 0.6) is 11.5 Å². The van der Waals surface area contributed by atoms with Crippen LogP contribution in [0.1, 0.15) is 22.7 Å². The number of methoxy groups -OCH3 is 2. The normalized spacial score (nSPS) is 16.9. The smallest absolute Gasteiger partial charge is 0.300 e. The van der Waals surface area contributed by atoms with Gasteiger partial charge in [-0.3, -0.25) is 14.5 Å². The Kier molecular flexibility index (Phi) is 6.26. The minimum atomic E-state index is -0.942. The highest BCUT2D eigenvalue weighted by Crippen LogP contribution is 2.43. The number of anilines is 1. The zero-order valence-corrected chi connectivity index (χ0v) is 19.0. The van der Waals surface area contributed by atoms with Crippen LogP contribution in [-0.2, 0) is 9.59 Å². The molecule has 4 rings (SSSR count). The Balaban J connectivity index is 1.96. The van der Waals surface area contributed by atoms with Crippen molar-refractivity contribution in [1.82, 2.24) is 0 Å². The maximum Gasteiger partial charge on any atom is 0.300 e. The molecule has 0 bridgehead atoms. The van der Waals surface area contributed by atoms with E-state index in [0.29, 0.717) is 33.3 Å². The highest BCUT2D eigenvalue weighted by atomic mass is 35.5. The molecule has 1 unspecified atom stereocenters. The lowest BCUT2D eigenvalue weighted by atomic mass is 9.94. The molecule has 8 heteroatoms. The van der Waals surface area contributed by atoms with E-state index in [4.69, 9.17) is 26.3 Å². The van der Waals surface area contributed by atoms with Gasteiger partial charge in [0, 0.05) is 10.7 Å². The van der Waals surface area contributed by atoms with Crippen molar-refractivity contribution < 1.29 is 24.2 Å². The van der Waals surface area contributed by atoms with Gasteiger partial charge < -0.3 is 14.6 Å². The fourth-order valence-corrected chi connectivity index (χ4v) is 4.08. The summed E-state index contributed by atoms with van der Waals surface area (Å²) in [6.07, 6.45) is 0. The number of hydrogen-bond acceptors (Lipinski definition) is 6. The third kappa shape index (κ3) is 3.96. The van der Waals surface area contributed by atoms with Crippen LogP contribution < -0.4 is 14.4 Å². The Hall–Kier alpha value is -4.28. The van der Waals surface area contributed by atoms with Crippen molar-refractivity contribution in [2.24, 2.45) is 0 Å². The summed E-state index contributed by atoms with van der Waals surface area (Å²) in [5.74, 6) is -1.19. The zero-order valence-electron chi connectivity index (χ0n) is 18.3. The number of benzene rings is 3. The molecule has 170 valence electrons. The number of aliphatic hydroxyl groups is 1. The fraction of sp³-hybridized carbons (Fsp3) is 0.115. The molecule has 7 nitrogen and oxygen atoms in total. The number of Topliss-reactive ketones (excluding diaryl/α,β-unsaturated/α-hetero) is 1. The second kappa shape index (κ2) is 9.30. The molecule has 0 aliphatic carbocycles. The van der Waals surface area contributed by atoms with Gasteiger partial charge >= 0.3 is 0 Å². The summed E-state index contributed by atoms with van der Waals surface area (Å²) in [6, 6.07) is 18.8. The van der Waals surface area contributed by atoms with Gasteiger partial charge in [-0.25, -0.2) is 0 Å². The lowest BCUT2D eigenvalue weighted by Gasteiger charge is -2.25. The maximum absolute atomic E-state index is 13.3. The van der Waals surface area contributed by atoms with Crippen LogP contribution in [0.2, 0.25) is 5.02 Å².